The zero-order valence-corrected chi connectivity index (χ0v) is 15.4. The van der Waals surface area contributed by atoms with Gasteiger partial charge in [-0.3, -0.25) is 10.1 Å². The molecule has 2 saturated carbocycles. The molecule has 6 atom stereocenters. The molecular weight excluding hydrogens is 330 g/mol. The third kappa shape index (κ3) is 3.18. The van der Waals surface area contributed by atoms with Gasteiger partial charge in [0.05, 0.1) is 17.4 Å². The topological polar surface area (TPSA) is 80.4 Å². The SMILES string of the molecule is CCCC[C@@H]1[C@@H]([N+](=O)[O-])[C@H](c2ccccc2)[C@@H](C=O)[C@]2(O)CCCC[C@@H]12. The van der Waals surface area contributed by atoms with Crippen LogP contribution in [0.3, 0.4) is 0 Å². The average Bonchev–Trinajstić information content (AvgIpc) is 2.65. The minimum Gasteiger partial charge on any atom is -0.389 e. The van der Waals surface area contributed by atoms with Crippen LogP contribution in [0.2, 0.25) is 0 Å². The van der Waals surface area contributed by atoms with Crippen molar-refractivity contribution in [3.05, 3.63) is 46.0 Å². The summed E-state index contributed by atoms with van der Waals surface area (Å²) in [5, 5.41) is 23.8. The van der Waals surface area contributed by atoms with Crippen LogP contribution in [-0.4, -0.2) is 28.0 Å². The highest BCUT2D eigenvalue weighted by Gasteiger charge is 2.62. The van der Waals surface area contributed by atoms with Crippen LogP contribution in [-0.2, 0) is 4.79 Å². The normalized spacial score (nSPS) is 36.9. The Hall–Kier alpha value is -1.75. The number of hydrogen-bond acceptors (Lipinski definition) is 4. The largest absolute Gasteiger partial charge is 0.389 e. The fourth-order valence-electron chi connectivity index (χ4n) is 5.62. The summed E-state index contributed by atoms with van der Waals surface area (Å²) in [5.74, 6) is -1.63. The molecule has 0 amide bonds. The molecule has 0 unspecified atom stereocenters. The first kappa shape index (κ1) is 19.0. The second-order valence-electron chi connectivity index (χ2n) is 8.02. The van der Waals surface area contributed by atoms with Crippen molar-refractivity contribution >= 4 is 6.29 Å². The first-order valence-electron chi connectivity index (χ1n) is 9.90. The van der Waals surface area contributed by atoms with Crippen LogP contribution in [0.15, 0.2) is 30.3 Å². The van der Waals surface area contributed by atoms with Crippen LogP contribution in [0.25, 0.3) is 0 Å². The maximum Gasteiger partial charge on any atom is 0.223 e. The number of aliphatic hydroxyl groups is 1. The molecular formula is C21H29NO4. The van der Waals surface area contributed by atoms with E-state index in [0.29, 0.717) is 6.42 Å². The van der Waals surface area contributed by atoms with Crippen LogP contribution in [0.4, 0.5) is 0 Å². The molecule has 1 N–H and O–H groups in total. The summed E-state index contributed by atoms with van der Waals surface area (Å²) in [6.07, 6.45) is 6.61. The number of hydrogen-bond donors (Lipinski definition) is 1. The van der Waals surface area contributed by atoms with E-state index in [-0.39, 0.29) is 16.8 Å². The van der Waals surface area contributed by atoms with E-state index in [2.05, 4.69) is 6.92 Å². The van der Waals surface area contributed by atoms with Gasteiger partial charge in [-0.15, -0.1) is 0 Å². The number of fused-ring (bicyclic) bond motifs is 1. The Morgan fingerprint density at radius 1 is 1.31 bits per heavy atom. The number of carbonyl (C=O) groups is 1. The van der Waals surface area contributed by atoms with Gasteiger partial charge in [0, 0.05) is 10.8 Å². The van der Waals surface area contributed by atoms with Gasteiger partial charge in [0.2, 0.25) is 6.04 Å². The van der Waals surface area contributed by atoms with E-state index in [1.54, 1.807) is 0 Å². The van der Waals surface area contributed by atoms with Gasteiger partial charge in [0.25, 0.3) is 0 Å². The summed E-state index contributed by atoms with van der Waals surface area (Å²) >= 11 is 0. The predicted molar refractivity (Wildman–Crippen MR) is 99.4 cm³/mol. The van der Waals surface area contributed by atoms with Crippen molar-refractivity contribution < 1.29 is 14.8 Å². The van der Waals surface area contributed by atoms with Crippen molar-refractivity contribution in [1.82, 2.24) is 0 Å². The molecule has 2 aliphatic rings. The van der Waals surface area contributed by atoms with Crippen LogP contribution in [0, 0.1) is 27.9 Å². The van der Waals surface area contributed by atoms with Gasteiger partial charge < -0.3 is 9.90 Å². The van der Waals surface area contributed by atoms with E-state index in [1.807, 2.05) is 30.3 Å². The number of rotatable bonds is 6. The maximum absolute atomic E-state index is 12.2. The molecule has 1 aromatic carbocycles. The highest BCUT2D eigenvalue weighted by Crippen LogP contribution is 2.56. The maximum atomic E-state index is 12.2. The Morgan fingerprint density at radius 3 is 2.65 bits per heavy atom. The summed E-state index contributed by atoms with van der Waals surface area (Å²) < 4.78 is 0. The first-order chi connectivity index (χ1) is 12.5. The highest BCUT2D eigenvalue weighted by atomic mass is 16.6. The summed E-state index contributed by atoms with van der Waals surface area (Å²) in [6, 6.07) is 8.49. The van der Waals surface area contributed by atoms with Gasteiger partial charge in [0.1, 0.15) is 6.29 Å². The quantitative estimate of drug-likeness (QED) is 0.473. The molecule has 0 aromatic heterocycles. The van der Waals surface area contributed by atoms with Crippen LogP contribution in [0.5, 0.6) is 0 Å². The van der Waals surface area contributed by atoms with Crippen molar-refractivity contribution in [3.8, 4) is 0 Å². The molecule has 0 radical (unpaired) electrons. The molecule has 0 heterocycles. The van der Waals surface area contributed by atoms with Crippen molar-refractivity contribution in [1.29, 1.82) is 0 Å². The summed E-state index contributed by atoms with van der Waals surface area (Å²) in [7, 11) is 0. The average molecular weight is 359 g/mol. The molecule has 26 heavy (non-hydrogen) atoms. The minimum atomic E-state index is -1.12. The molecule has 0 aliphatic heterocycles. The standard InChI is InChI=1S/C21H29NO4/c1-2-3-11-16-17-12-7-8-13-21(17,24)18(14-23)19(20(16)22(25)26)15-9-5-4-6-10-15/h4-6,9-10,14,16-20,24H,2-3,7-8,11-13H2,1H3/t16-,17-,18+,19+,20+,21-/m0/s1. The zero-order valence-electron chi connectivity index (χ0n) is 15.4. The van der Waals surface area contributed by atoms with Crippen molar-refractivity contribution in [2.45, 2.75) is 69.4 Å². The van der Waals surface area contributed by atoms with Gasteiger partial charge >= 0.3 is 0 Å². The van der Waals surface area contributed by atoms with Gasteiger partial charge in [-0.1, -0.05) is 62.9 Å². The minimum absolute atomic E-state index is 0.159. The lowest BCUT2D eigenvalue weighted by Gasteiger charge is -2.54. The Balaban J connectivity index is 2.12. The third-order valence-electron chi connectivity index (χ3n) is 6.74. The molecule has 142 valence electrons. The molecule has 0 saturated heterocycles. The van der Waals surface area contributed by atoms with Gasteiger partial charge in [-0.05, 0) is 30.7 Å². The monoisotopic (exact) mass is 359 g/mol. The Morgan fingerprint density at radius 2 is 2.04 bits per heavy atom. The second kappa shape index (κ2) is 7.87. The number of aldehydes is 1. The van der Waals surface area contributed by atoms with E-state index in [1.165, 1.54) is 0 Å². The lowest BCUT2D eigenvalue weighted by molar-refractivity contribution is -0.548. The molecule has 5 heteroatoms. The van der Waals surface area contributed by atoms with E-state index in [9.17, 15) is 20.0 Å². The van der Waals surface area contributed by atoms with Gasteiger partial charge in [-0.25, -0.2) is 0 Å². The molecule has 2 fully saturated rings. The van der Waals surface area contributed by atoms with Crippen molar-refractivity contribution in [3.63, 3.8) is 0 Å². The highest BCUT2D eigenvalue weighted by molar-refractivity contribution is 5.60. The van der Waals surface area contributed by atoms with Crippen molar-refractivity contribution in [2.24, 2.45) is 17.8 Å². The van der Waals surface area contributed by atoms with E-state index in [4.69, 9.17) is 0 Å². The molecule has 2 aliphatic carbocycles. The van der Waals surface area contributed by atoms with Crippen LogP contribution < -0.4 is 0 Å². The Labute approximate surface area is 155 Å². The Bertz CT molecular complexity index is 634. The zero-order chi connectivity index (χ0) is 18.7. The van der Waals surface area contributed by atoms with E-state index >= 15 is 0 Å². The first-order valence-corrected chi connectivity index (χ1v) is 9.90. The lowest BCUT2D eigenvalue weighted by Crippen LogP contribution is -2.62. The number of benzene rings is 1. The molecule has 0 bridgehead atoms. The summed E-state index contributed by atoms with van der Waals surface area (Å²) in [4.78, 5) is 24.1. The van der Waals surface area contributed by atoms with Gasteiger partial charge in [-0.2, -0.15) is 0 Å². The second-order valence-corrected chi connectivity index (χ2v) is 8.02. The number of unbranched alkanes of at least 4 members (excludes halogenated alkanes) is 1. The van der Waals surface area contributed by atoms with Crippen LogP contribution in [0.1, 0.15) is 63.4 Å². The molecule has 1 aromatic rings. The van der Waals surface area contributed by atoms with E-state index < -0.39 is 23.5 Å². The summed E-state index contributed by atoms with van der Waals surface area (Å²) in [5.41, 5.74) is -0.323. The Kier molecular flexibility index (Phi) is 5.76. The van der Waals surface area contributed by atoms with Crippen LogP contribution >= 0.6 is 0 Å². The van der Waals surface area contributed by atoms with Crippen molar-refractivity contribution in [2.75, 3.05) is 0 Å². The summed E-state index contributed by atoms with van der Waals surface area (Å²) in [6.45, 7) is 2.08. The fourth-order valence-corrected chi connectivity index (χ4v) is 5.62. The van der Waals surface area contributed by atoms with E-state index in [0.717, 1.165) is 50.4 Å². The lowest BCUT2D eigenvalue weighted by atomic mass is 9.51. The molecule has 0 spiro atoms. The fraction of sp³-hybridized carbons (Fsp3) is 0.667. The number of carbonyl (C=O) groups excluding carboxylic acids is 1. The van der Waals surface area contributed by atoms with Gasteiger partial charge in [0.15, 0.2) is 0 Å². The molecule has 3 rings (SSSR count). The number of nitro groups is 1. The molecule has 5 nitrogen and oxygen atoms in total. The predicted octanol–water partition coefficient (Wildman–Crippen LogP) is 3.97. The number of nitrogens with zero attached hydrogens (tertiary/aromatic N) is 1. The third-order valence-corrected chi connectivity index (χ3v) is 6.74. The smallest absolute Gasteiger partial charge is 0.223 e.